The van der Waals surface area contributed by atoms with E-state index in [1.54, 1.807) is 32.9 Å². The van der Waals surface area contributed by atoms with E-state index >= 15 is 0 Å². The predicted octanol–water partition coefficient (Wildman–Crippen LogP) is 2.61. The molecule has 0 spiro atoms. The Morgan fingerprint density at radius 2 is 1.78 bits per heavy atom. The molecular weight excluding hydrogens is 432 g/mol. The van der Waals surface area contributed by atoms with E-state index in [-0.39, 0.29) is 29.7 Å². The van der Waals surface area contributed by atoms with E-state index in [2.05, 4.69) is 10.6 Å². The van der Waals surface area contributed by atoms with Crippen LogP contribution in [-0.2, 0) is 19.6 Å². The first-order chi connectivity index (χ1) is 15.0. The first-order valence-corrected chi connectivity index (χ1v) is 12.5. The molecule has 9 nitrogen and oxygen atoms in total. The van der Waals surface area contributed by atoms with E-state index in [0.717, 1.165) is 30.6 Å². The van der Waals surface area contributed by atoms with Crippen LogP contribution in [0.1, 0.15) is 57.9 Å². The number of sulfonamides is 1. The number of nitrogens with zero attached hydrogens (tertiary/aromatic N) is 2. The van der Waals surface area contributed by atoms with Crippen molar-refractivity contribution < 1.29 is 22.8 Å². The van der Waals surface area contributed by atoms with Crippen LogP contribution < -0.4 is 10.6 Å². The number of aryl methyl sites for hydroxylation is 1. The molecule has 2 heterocycles. The number of benzene rings is 1. The highest BCUT2D eigenvalue weighted by molar-refractivity contribution is 7.89. The molecule has 1 aromatic carbocycles. The van der Waals surface area contributed by atoms with Gasteiger partial charge in [-0.3, -0.25) is 14.5 Å². The van der Waals surface area contributed by atoms with Crippen LogP contribution in [0.5, 0.6) is 0 Å². The van der Waals surface area contributed by atoms with Crippen LogP contribution >= 0.6 is 0 Å². The van der Waals surface area contributed by atoms with Crippen molar-refractivity contribution in [1.82, 2.24) is 14.5 Å². The van der Waals surface area contributed by atoms with E-state index in [1.165, 1.54) is 10.4 Å². The maximum Gasteiger partial charge on any atom is 0.325 e. The molecule has 0 unspecified atom stereocenters. The van der Waals surface area contributed by atoms with Gasteiger partial charge in [-0.25, -0.2) is 13.2 Å². The van der Waals surface area contributed by atoms with Gasteiger partial charge in [0.1, 0.15) is 5.54 Å². The lowest BCUT2D eigenvalue weighted by molar-refractivity contribution is -0.130. The summed E-state index contributed by atoms with van der Waals surface area (Å²) in [5.74, 6) is -0.622. The molecule has 0 radical (unpaired) electrons. The molecule has 0 aromatic heterocycles. The standard InChI is InChI=1S/C22H32N4O5S/c1-16-10-11-17(15-18(16)32(30,31)25-12-6-4-5-7-13-25)23-19(27)9-8-14-26-20(28)22(2,3)24-21(26)29/h10-11,15H,4-9,12-14H2,1-3H3,(H,23,27)(H,24,29). The fourth-order valence-corrected chi connectivity index (χ4v) is 5.79. The lowest BCUT2D eigenvalue weighted by Crippen LogP contribution is -2.40. The van der Waals surface area contributed by atoms with Crippen LogP contribution in [0.2, 0.25) is 0 Å². The molecule has 2 aliphatic rings. The Morgan fingerprint density at radius 3 is 2.38 bits per heavy atom. The Hall–Kier alpha value is -2.46. The summed E-state index contributed by atoms with van der Waals surface area (Å²) in [5, 5.41) is 5.34. The number of urea groups is 1. The SMILES string of the molecule is Cc1ccc(NC(=O)CCCN2C(=O)NC(C)(C)C2=O)cc1S(=O)(=O)N1CCCCCC1. The van der Waals surface area contributed by atoms with Crippen molar-refractivity contribution in [2.24, 2.45) is 0 Å². The highest BCUT2D eigenvalue weighted by atomic mass is 32.2. The summed E-state index contributed by atoms with van der Waals surface area (Å²) in [6.45, 7) is 6.18. The topological polar surface area (TPSA) is 116 Å². The summed E-state index contributed by atoms with van der Waals surface area (Å²) < 4.78 is 27.9. The molecule has 2 aliphatic heterocycles. The average Bonchev–Trinajstić information content (AvgIpc) is 2.93. The van der Waals surface area contributed by atoms with Gasteiger partial charge in [0, 0.05) is 31.7 Å². The van der Waals surface area contributed by atoms with Crippen LogP contribution in [-0.4, -0.2) is 60.6 Å². The van der Waals surface area contributed by atoms with Crippen molar-refractivity contribution in [3.8, 4) is 0 Å². The van der Waals surface area contributed by atoms with E-state index in [4.69, 9.17) is 0 Å². The lowest BCUT2D eigenvalue weighted by atomic mass is 10.1. The van der Waals surface area contributed by atoms with Crippen molar-refractivity contribution in [2.45, 2.75) is 69.7 Å². The second-order valence-electron chi connectivity index (χ2n) is 8.96. The third-order valence-corrected chi connectivity index (χ3v) is 7.93. The summed E-state index contributed by atoms with van der Waals surface area (Å²) >= 11 is 0. The fourth-order valence-electron chi connectivity index (χ4n) is 4.02. The molecule has 2 N–H and O–H groups in total. The van der Waals surface area contributed by atoms with Gasteiger partial charge >= 0.3 is 6.03 Å². The van der Waals surface area contributed by atoms with Gasteiger partial charge in [-0.05, 0) is 57.7 Å². The summed E-state index contributed by atoms with van der Waals surface area (Å²) in [4.78, 5) is 37.8. The van der Waals surface area contributed by atoms with Gasteiger partial charge in [-0.1, -0.05) is 18.9 Å². The van der Waals surface area contributed by atoms with Gasteiger partial charge in [-0.15, -0.1) is 0 Å². The normalized spacial score (nSPS) is 19.5. The second kappa shape index (κ2) is 9.58. The van der Waals surface area contributed by atoms with Gasteiger partial charge in [0.15, 0.2) is 0 Å². The number of hydrogen-bond donors (Lipinski definition) is 2. The summed E-state index contributed by atoms with van der Waals surface area (Å²) in [5.41, 5.74) is 0.106. The summed E-state index contributed by atoms with van der Waals surface area (Å²) in [7, 11) is -3.63. The van der Waals surface area contributed by atoms with Crippen molar-refractivity contribution in [3.05, 3.63) is 23.8 Å². The van der Waals surface area contributed by atoms with Crippen LogP contribution in [0.15, 0.2) is 23.1 Å². The second-order valence-corrected chi connectivity index (χ2v) is 10.9. The molecule has 2 saturated heterocycles. The number of imide groups is 1. The number of amides is 4. The zero-order chi connectivity index (χ0) is 23.5. The van der Waals surface area contributed by atoms with Gasteiger partial charge in [0.05, 0.1) is 4.90 Å². The van der Waals surface area contributed by atoms with Gasteiger partial charge in [-0.2, -0.15) is 4.31 Å². The van der Waals surface area contributed by atoms with E-state index in [9.17, 15) is 22.8 Å². The molecule has 32 heavy (non-hydrogen) atoms. The highest BCUT2D eigenvalue weighted by Crippen LogP contribution is 2.26. The van der Waals surface area contributed by atoms with E-state index < -0.39 is 21.6 Å². The van der Waals surface area contributed by atoms with Crippen LogP contribution in [0.25, 0.3) is 0 Å². The van der Waals surface area contributed by atoms with E-state index in [0.29, 0.717) is 30.8 Å². The molecule has 10 heteroatoms. The maximum atomic E-state index is 13.2. The van der Waals surface area contributed by atoms with Crippen molar-refractivity contribution in [2.75, 3.05) is 25.0 Å². The first-order valence-electron chi connectivity index (χ1n) is 11.1. The summed E-state index contributed by atoms with van der Waals surface area (Å²) in [6.07, 6.45) is 4.17. The number of rotatable bonds is 7. The van der Waals surface area contributed by atoms with Crippen molar-refractivity contribution in [3.63, 3.8) is 0 Å². The van der Waals surface area contributed by atoms with Crippen LogP contribution in [0.4, 0.5) is 10.5 Å². The van der Waals surface area contributed by atoms with Crippen molar-refractivity contribution >= 4 is 33.6 Å². The Labute approximate surface area is 189 Å². The highest BCUT2D eigenvalue weighted by Gasteiger charge is 2.43. The van der Waals surface area contributed by atoms with Crippen LogP contribution in [0.3, 0.4) is 0 Å². The Kier molecular flexibility index (Phi) is 7.24. The molecule has 3 rings (SSSR count). The zero-order valence-electron chi connectivity index (χ0n) is 18.9. The average molecular weight is 465 g/mol. The van der Waals surface area contributed by atoms with Crippen molar-refractivity contribution in [1.29, 1.82) is 0 Å². The molecular formula is C22H32N4O5S. The third-order valence-electron chi connectivity index (χ3n) is 5.88. The Morgan fingerprint density at radius 1 is 1.12 bits per heavy atom. The Balaban J connectivity index is 1.61. The smallest absolute Gasteiger partial charge is 0.325 e. The Bertz CT molecular complexity index is 998. The quantitative estimate of drug-likeness (QED) is 0.602. The number of anilines is 1. The summed E-state index contributed by atoms with van der Waals surface area (Å²) in [6, 6.07) is 4.42. The maximum absolute atomic E-state index is 13.2. The van der Waals surface area contributed by atoms with Gasteiger partial charge in [0.25, 0.3) is 5.91 Å². The third kappa shape index (κ3) is 5.29. The number of carbonyl (C=O) groups is 3. The number of hydrogen-bond acceptors (Lipinski definition) is 5. The lowest BCUT2D eigenvalue weighted by Gasteiger charge is -2.21. The largest absolute Gasteiger partial charge is 0.326 e. The van der Waals surface area contributed by atoms with E-state index in [1.807, 2.05) is 0 Å². The monoisotopic (exact) mass is 464 g/mol. The molecule has 1 aromatic rings. The predicted molar refractivity (Wildman–Crippen MR) is 121 cm³/mol. The molecule has 0 atom stereocenters. The van der Waals surface area contributed by atoms with Gasteiger partial charge < -0.3 is 10.6 Å². The minimum Gasteiger partial charge on any atom is -0.326 e. The number of nitrogens with one attached hydrogen (secondary N) is 2. The van der Waals surface area contributed by atoms with Gasteiger partial charge in [0.2, 0.25) is 15.9 Å². The molecule has 0 saturated carbocycles. The first kappa shape index (κ1) is 24.2. The molecule has 176 valence electrons. The number of carbonyl (C=O) groups excluding carboxylic acids is 3. The van der Waals surface area contributed by atoms with Crippen LogP contribution in [0, 0.1) is 6.92 Å². The molecule has 0 bridgehead atoms. The fraction of sp³-hybridized carbons (Fsp3) is 0.591. The molecule has 0 aliphatic carbocycles. The minimum atomic E-state index is -3.63. The molecule has 2 fully saturated rings. The zero-order valence-corrected chi connectivity index (χ0v) is 19.8. The minimum absolute atomic E-state index is 0.0968. The molecule has 4 amide bonds.